The lowest BCUT2D eigenvalue weighted by Gasteiger charge is -2.22. The first-order valence-electron chi connectivity index (χ1n) is 3.72. The lowest BCUT2D eigenvalue weighted by molar-refractivity contribution is 0.182. The van der Waals surface area contributed by atoms with Crippen LogP contribution in [0.2, 0.25) is 0 Å². The molecule has 0 saturated heterocycles. The molecule has 0 rings (SSSR count). The van der Waals surface area contributed by atoms with Crippen molar-refractivity contribution in [2.24, 2.45) is 11.3 Å². The molecular weight excluding hydrogens is 226 g/mol. The maximum atomic E-state index is 12.2. The molecular formula is C9H13BrF2. The summed E-state index contributed by atoms with van der Waals surface area (Å²) in [5.74, 6) is 4.34. The van der Waals surface area contributed by atoms with Crippen molar-refractivity contribution in [2.45, 2.75) is 32.5 Å². The predicted octanol–water partition coefficient (Wildman–Crippen LogP) is 3.66. The third-order valence-electron chi connectivity index (χ3n) is 1.73. The molecule has 0 amide bonds. The minimum atomic E-state index is -3.05. The van der Waals surface area contributed by atoms with Crippen molar-refractivity contribution >= 4 is 15.9 Å². The Morgan fingerprint density at radius 2 is 1.67 bits per heavy atom. The van der Waals surface area contributed by atoms with E-state index in [0.29, 0.717) is 0 Å². The molecule has 0 aliphatic carbocycles. The fourth-order valence-corrected chi connectivity index (χ4v) is 0.521. The Morgan fingerprint density at radius 3 is 1.92 bits per heavy atom. The van der Waals surface area contributed by atoms with E-state index in [1.54, 1.807) is 0 Å². The van der Waals surface area contributed by atoms with Crippen molar-refractivity contribution in [3.8, 4) is 11.8 Å². The van der Waals surface area contributed by atoms with Crippen molar-refractivity contribution < 1.29 is 8.78 Å². The minimum Gasteiger partial charge on any atom is -0.180 e. The second kappa shape index (κ2) is 3.74. The van der Waals surface area contributed by atoms with Crippen LogP contribution in [0.1, 0.15) is 27.7 Å². The number of rotatable bonds is 0. The SMILES string of the molecule is CC(C#CC(F)(F)Br)C(C)(C)C. The normalized spacial score (nSPS) is 14.9. The Hall–Kier alpha value is -0.100. The van der Waals surface area contributed by atoms with E-state index in [0.717, 1.165) is 0 Å². The van der Waals surface area contributed by atoms with Crippen molar-refractivity contribution in [3.63, 3.8) is 0 Å². The van der Waals surface area contributed by atoms with Crippen LogP contribution in [0.25, 0.3) is 0 Å². The molecule has 0 spiro atoms. The first kappa shape index (κ1) is 11.9. The third-order valence-corrected chi connectivity index (χ3v) is 1.93. The monoisotopic (exact) mass is 238 g/mol. The van der Waals surface area contributed by atoms with E-state index in [9.17, 15) is 8.78 Å². The van der Waals surface area contributed by atoms with E-state index in [-0.39, 0.29) is 11.3 Å². The molecule has 0 aliphatic rings. The zero-order valence-electron chi connectivity index (χ0n) is 7.71. The van der Waals surface area contributed by atoms with E-state index in [2.05, 4.69) is 21.9 Å². The van der Waals surface area contributed by atoms with Crippen LogP contribution in [-0.4, -0.2) is 4.83 Å². The quantitative estimate of drug-likeness (QED) is 0.447. The fraction of sp³-hybridized carbons (Fsp3) is 0.778. The van der Waals surface area contributed by atoms with Crippen molar-refractivity contribution in [1.29, 1.82) is 0 Å². The Bertz CT molecular complexity index is 199. The van der Waals surface area contributed by atoms with Crippen LogP contribution in [0.3, 0.4) is 0 Å². The first-order chi connectivity index (χ1) is 5.13. The molecule has 0 fully saturated rings. The summed E-state index contributed by atoms with van der Waals surface area (Å²) in [6.07, 6.45) is 0. The van der Waals surface area contributed by atoms with Crippen LogP contribution in [0, 0.1) is 23.2 Å². The van der Waals surface area contributed by atoms with Crippen molar-refractivity contribution in [2.75, 3.05) is 0 Å². The number of hydrogen-bond donors (Lipinski definition) is 0. The van der Waals surface area contributed by atoms with Gasteiger partial charge < -0.3 is 0 Å². The fourth-order valence-electron chi connectivity index (χ4n) is 0.407. The van der Waals surface area contributed by atoms with Crippen LogP contribution in [0.4, 0.5) is 8.78 Å². The summed E-state index contributed by atoms with van der Waals surface area (Å²) in [7, 11) is 0. The number of halogens is 3. The molecule has 12 heavy (non-hydrogen) atoms. The van der Waals surface area contributed by atoms with Crippen molar-refractivity contribution in [3.05, 3.63) is 0 Å². The largest absolute Gasteiger partial charge is 0.363 e. The van der Waals surface area contributed by atoms with Crippen LogP contribution in [0.5, 0.6) is 0 Å². The van der Waals surface area contributed by atoms with Crippen LogP contribution in [0.15, 0.2) is 0 Å². The highest BCUT2D eigenvalue weighted by atomic mass is 79.9. The molecule has 0 aromatic heterocycles. The van der Waals surface area contributed by atoms with Gasteiger partial charge in [-0.3, -0.25) is 0 Å². The van der Waals surface area contributed by atoms with Gasteiger partial charge >= 0.3 is 4.83 Å². The molecule has 0 aromatic rings. The summed E-state index contributed by atoms with van der Waals surface area (Å²) in [6, 6.07) is 0. The summed E-state index contributed by atoms with van der Waals surface area (Å²) in [5, 5.41) is 0. The predicted molar refractivity (Wildman–Crippen MR) is 50.3 cm³/mol. The molecule has 0 bridgehead atoms. The van der Waals surface area contributed by atoms with E-state index in [1.165, 1.54) is 0 Å². The Kier molecular flexibility index (Phi) is 3.71. The van der Waals surface area contributed by atoms with Gasteiger partial charge in [0, 0.05) is 21.8 Å². The average Bonchev–Trinajstić information content (AvgIpc) is 1.78. The van der Waals surface area contributed by atoms with Gasteiger partial charge in [0.15, 0.2) is 0 Å². The lowest BCUT2D eigenvalue weighted by Crippen LogP contribution is -2.16. The van der Waals surface area contributed by atoms with Gasteiger partial charge in [-0.1, -0.05) is 33.6 Å². The lowest BCUT2D eigenvalue weighted by atomic mass is 9.83. The molecule has 0 radical (unpaired) electrons. The second-order valence-electron chi connectivity index (χ2n) is 3.85. The number of hydrogen-bond acceptors (Lipinski definition) is 0. The summed E-state index contributed by atoms with van der Waals surface area (Å²) in [4.78, 5) is -3.05. The highest BCUT2D eigenvalue weighted by Gasteiger charge is 2.22. The average molecular weight is 239 g/mol. The Morgan fingerprint density at radius 1 is 1.25 bits per heavy atom. The highest BCUT2D eigenvalue weighted by molar-refractivity contribution is 9.10. The summed E-state index contributed by atoms with van der Waals surface area (Å²) in [6.45, 7) is 7.75. The van der Waals surface area contributed by atoms with Gasteiger partial charge in [-0.15, -0.1) is 0 Å². The van der Waals surface area contributed by atoms with E-state index in [1.807, 2.05) is 33.6 Å². The smallest absolute Gasteiger partial charge is 0.180 e. The van der Waals surface area contributed by atoms with Gasteiger partial charge in [0.1, 0.15) is 0 Å². The Balaban J connectivity index is 4.34. The Labute approximate surface area is 80.9 Å². The van der Waals surface area contributed by atoms with Gasteiger partial charge in [0.05, 0.1) is 0 Å². The van der Waals surface area contributed by atoms with Crippen molar-refractivity contribution in [1.82, 2.24) is 0 Å². The van der Waals surface area contributed by atoms with Crippen LogP contribution < -0.4 is 0 Å². The molecule has 0 nitrogen and oxygen atoms in total. The maximum absolute atomic E-state index is 12.2. The highest BCUT2D eigenvalue weighted by Crippen LogP contribution is 2.26. The van der Waals surface area contributed by atoms with E-state index >= 15 is 0 Å². The van der Waals surface area contributed by atoms with Gasteiger partial charge in [0.2, 0.25) is 0 Å². The van der Waals surface area contributed by atoms with Gasteiger partial charge in [-0.2, -0.15) is 8.78 Å². The zero-order valence-corrected chi connectivity index (χ0v) is 9.30. The molecule has 70 valence electrons. The van der Waals surface area contributed by atoms with Gasteiger partial charge in [-0.25, -0.2) is 0 Å². The standard InChI is InChI=1S/C9H13BrF2/c1-7(8(2,3)4)5-6-9(10,11)12/h7H,1-4H3. The summed E-state index contributed by atoms with van der Waals surface area (Å²) < 4.78 is 24.4. The molecule has 1 unspecified atom stereocenters. The topological polar surface area (TPSA) is 0 Å². The van der Waals surface area contributed by atoms with E-state index in [4.69, 9.17) is 0 Å². The molecule has 0 aromatic carbocycles. The minimum absolute atomic E-state index is 0.0408. The first-order valence-corrected chi connectivity index (χ1v) is 4.51. The van der Waals surface area contributed by atoms with Gasteiger partial charge in [-0.05, 0) is 11.3 Å². The second-order valence-corrected chi connectivity index (χ2v) is 4.85. The molecule has 0 N–H and O–H groups in total. The zero-order chi connectivity index (χ0) is 9.99. The van der Waals surface area contributed by atoms with Gasteiger partial charge in [0.25, 0.3) is 0 Å². The summed E-state index contributed by atoms with van der Waals surface area (Å²) in [5.41, 5.74) is -0.0503. The molecule has 0 heterocycles. The molecule has 1 atom stereocenters. The maximum Gasteiger partial charge on any atom is 0.363 e. The van der Waals surface area contributed by atoms with Crippen LogP contribution in [-0.2, 0) is 0 Å². The third kappa shape index (κ3) is 5.54. The summed E-state index contributed by atoms with van der Waals surface area (Å²) >= 11 is 2.17. The van der Waals surface area contributed by atoms with E-state index < -0.39 is 4.83 Å². The van der Waals surface area contributed by atoms with Crippen LogP contribution >= 0.6 is 15.9 Å². The number of alkyl halides is 3. The molecule has 3 heteroatoms. The molecule has 0 aliphatic heterocycles. The molecule has 0 saturated carbocycles.